The van der Waals surface area contributed by atoms with E-state index in [9.17, 15) is 9.00 Å². The second-order valence-electron chi connectivity index (χ2n) is 4.61. The Morgan fingerprint density at radius 3 is 2.71 bits per heavy atom. The van der Waals surface area contributed by atoms with E-state index < -0.39 is 10.8 Å². The molecule has 3 nitrogen and oxygen atoms in total. The molecule has 0 aromatic carbocycles. The van der Waals surface area contributed by atoms with Gasteiger partial charge in [0.05, 0.1) is 23.0 Å². The summed E-state index contributed by atoms with van der Waals surface area (Å²) in [4.78, 5) is 11.8. The molecule has 0 fully saturated rings. The first-order chi connectivity index (χ1) is 8.00. The van der Waals surface area contributed by atoms with Crippen LogP contribution in [0.4, 0.5) is 0 Å². The van der Waals surface area contributed by atoms with Gasteiger partial charge in [0.2, 0.25) is 0 Å². The molecule has 1 unspecified atom stereocenters. The van der Waals surface area contributed by atoms with Crippen LogP contribution in [0.25, 0.3) is 0 Å². The molecule has 0 saturated carbocycles. The predicted octanol–water partition coefficient (Wildman–Crippen LogP) is 2.65. The number of hydrogen-bond donors (Lipinski definition) is 0. The summed E-state index contributed by atoms with van der Waals surface area (Å²) in [5, 5.41) is 0.796. The number of ketones is 1. The number of carbonyl (C=O) groups is 1. The third-order valence-corrected chi connectivity index (χ3v) is 5.25. The maximum atomic E-state index is 11.8. The van der Waals surface area contributed by atoms with E-state index in [1.165, 1.54) is 11.3 Å². The second-order valence-corrected chi connectivity index (χ2v) is 7.17. The minimum absolute atomic E-state index is 0.112. The highest BCUT2D eigenvalue weighted by molar-refractivity contribution is 7.86. The van der Waals surface area contributed by atoms with Gasteiger partial charge in [-0.15, -0.1) is 0 Å². The van der Waals surface area contributed by atoms with Crippen molar-refractivity contribution in [2.24, 2.45) is 5.92 Å². The number of thiophene rings is 1. The monoisotopic (exact) mass is 272 g/mol. The molecule has 1 aliphatic carbocycles. The molecule has 0 aliphatic heterocycles. The highest BCUT2D eigenvalue weighted by Gasteiger charge is 2.31. The van der Waals surface area contributed by atoms with Gasteiger partial charge in [0.15, 0.2) is 10.8 Å². The molecular weight excluding hydrogens is 256 g/mol. The van der Waals surface area contributed by atoms with Crippen LogP contribution in [0.2, 0.25) is 0 Å². The van der Waals surface area contributed by atoms with Crippen molar-refractivity contribution in [3.05, 3.63) is 11.1 Å². The van der Waals surface area contributed by atoms with Gasteiger partial charge in [-0.3, -0.25) is 9.00 Å². The van der Waals surface area contributed by atoms with Gasteiger partial charge in [0, 0.05) is 18.2 Å². The molecule has 0 bridgehead atoms. The molecule has 1 atom stereocenters. The van der Waals surface area contributed by atoms with Crippen molar-refractivity contribution in [1.29, 1.82) is 0 Å². The summed E-state index contributed by atoms with van der Waals surface area (Å²) in [6.45, 7) is 4.80. The second kappa shape index (κ2) is 4.90. The molecule has 5 heteroatoms. The largest absolute Gasteiger partial charge is 0.483 e. The van der Waals surface area contributed by atoms with Crippen molar-refractivity contribution in [3.63, 3.8) is 0 Å². The summed E-state index contributed by atoms with van der Waals surface area (Å²) >= 11 is 1.37. The number of fused-ring (bicyclic) bond motifs is 1. The summed E-state index contributed by atoms with van der Waals surface area (Å²) < 4.78 is 18.0. The van der Waals surface area contributed by atoms with Crippen LogP contribution in [0.15, 0.2) is 4.21 Å². The zero-order valence-electron chi connectivity index (χ0n) is 10.2. The Balaban J connectivity index is 2.35. The van der Waals surface area contributed by atoms with Crippen LogP contribution in [-0.2, 0) is 17.2 Å². The normalized spacial score (nSPS) is 16.4. The van der Waals surface area contributed by atoms with E-state index in [-0.39, 0.29) is 5.78 Å². The lowest BCUT2D eigenvalue weighted by Crippen LogP contribution is -2.04. The van der Waals surface area contributed by atoms with E-state index in [1.54, 1.807) is 6.26 Å². The Hall–Kier alpha value is -0.680. The lowest BCUT2D eigenvalue weighted by Gasteiger charge is -2.07. The van der Waals surface area contributed by atoms with Crippen LogP contribution in [0.3, 0.4) is 0 Å². The highest BCUT2D eigenvalue weighted by atomic mass is 32.2. The molecule has 0 radical (unpaired) electrons. The maximum Gasteiger partial charge on any atom is 0.178 e. The van der Waals surface area contributed by atoms with Gasteiger partial charge >= 0.3 is 0 Å². The van der Waals surface area contributed by atoms with Crippen molar-refractivity contribution >= 4 is 27.9 Å². The smallest absolute Gasteiger partial charge is 0.178 e. The van der Waals surface area contributed by atoms with Gasteiger partial charge in [-0.2, -0.15) is 0 Å². The third-order valence-electron chi connectivity index (χ3n) is 2.63. The summed E-state index contributed by atoms with van der Waals surface area (Å²) in [5.41, 5.74) is 1.65. The fraction of sp³-hybridized carbons (Fsp3) is 0.583. The molecule has 1 aliphatic rings. The molecule has 0 saturated heterocycles. The topological polar surface area (TPSA) is 43.4 Å². The van der Waals surface area contributed by atoms with E-state index in [2.05, 4.69) is 13.8 Å². The molecule has 94 valence electrons. The van der Waals surface area contributed by atoms with E-state index in [1.807, 2.05) is 0 Å². The van der Waals surface area contributed by atoms with Crippen molar-refractivity contribution in [2.75, 3.05) is 12.9 Å². The van der Waals surface area contributed by atoms with Crippen LogP contribution < -0.4 is 4.74 Å². The lowest BCUT2D eigenvalue weighted by molar-refractivity contribution is 0.0992. The quantitative estimate of drug-likeness (QED) is 0.846. The van der Waals surface area contributed by atoms with Crippen molar-refractivity contribution < 1.29 is 13.7 Å². The fourth-order valence-electron chi connectivity index (χ4n) is 1.86. The van der Waals surface area contributed by atoms with Crippen molar-refractivity contribution in [2.45, 2.75) is 30.9 Å². The Morgan fingerprint density at radius 1 is 1.41 bits per heavy atom. The maximum absolute atomic E-state index is 11.8. The van der Waals surface area contributed by atoms with E-state index in [0.717, 1.165) is 17.0 Å². The lowest BCUT2D eigenvalue weighted by atomic mass is 10.2. The van der Waals surface area contributed by atoms with E-state index in [4.69, 9.17) is 4.74 Å². The first-order valence-electron chi connectivity index (χ1n) is 5.65. The molecule has 0 amide bonds. The Bertz CT molecular complexity index is 474. The zero-order valence-corrected chi connectivity index (χ0v) is 11.9. The van der Waals surface area contributed by atoms with Gasteiger partial charge in [0.1, 0.15) is 4.21 Å². The number of rotatable bonds is 4. The molecule has 1 aromatic rings. The molecule has 1 aromatic heterocycles. The molecular formula is C12H16O3S2. The molecule has 17 heavy (non-hydrogen) atoms. The van der Waals surface area contributed by atoms with E-state index >= 15 is 0 Å². The zero-order chi connectivity index (χ0) is 12.6. The first kappa shape index (κ1) is 12.8. The number of hydrogen-bond acceptors (Lipinski definition) is 4. The molecule has 0 spiro atoms. The van der Waals surface area contributed by atoms with Crippen LogP contribution in [0, 0.1) is 5.92 Å². The SMILES string of the molecule is CC(C)COc1sc(S(C)=O)c2c1CCC2=O. The Kier molecular flexibility index (Phi) is 3.68. The predicted molar refractivity (Wildman–Crippen MR) is 69.6 cm³/mol. The third kappa shape index (κ3) is 2.45. The molecule has 2 rings (SSSR count). The number of carbonyl (C=O) groups excluding carboxylic acids is 1. The van der Waals surface area contributed by atoms with Gasteiger partial charge in [-0.05, 0) is 12.3 Å². The van der Waals surface area contributed by atoms with Crippen LogP contribution >= 0.6 is 11.3 Å². The average Bonchev–Trinajstić information content (AvgIpc) is 2.77. The van der Waals surface area contributed by atoms with Crippen molar-refractivity contribution in [1.82, 2.24) is 0 Å². The summed E-state index contributed by atoms with van der Waals surface area (Å²) in [5.74, 6) is 0.557. The van der Waals surface area contributed by atoms with Crippen molar-refractivity contribution in [3.8, 4) is 5.06 Å². The highest BCUT2D eigenvalue weighted by Crippen LogP contribution is 2.42. The Morgan fingerprint density at radius 2 is 2.12 bits per heavy atom. The molecule has 0 N–H and O–H groups in total. The van der Waals surface area contributed by atoms with Gasteiger partial charge in [-0.25, -0.2) is 0 Å². The van der Waals surface area contributed by atoms with Crippen LogP contribution in [0.5, 0.6) is 5.06 Å². The minimum Gasteiger partial charge on any atom is -0.483 e. The van der Waals surface area contributed by atoms with E-state index in [0.29, 0.717) is 28.7 Å². The van der Waals surface area contributed by atoms with Gasteiger partial charge in [-0.1, -0.05) is 25.2 Å². The summed E-state index contributed by atoms with van der Waals surface area (Å²) in [6, 6.07) is 0. The van der Waals surface area contributed by atoms with Crippen LogP contribution in [0.1, 0.15) is 36.2 Å². The standard InChI is InChI=1S/C12H16O3S2/c1-7(2)6-15-11-8-4-5-9(13)10(8)12(16-11)17(3)14/h7H,4-6H2,1-3H3. The molecule has 1 heterocycles. The Labute approximate surface area is 108 Å². The minimum atomic E-state index is -1.11. The van der Waals surface area contributed by atoms with Gasteiger partial charge < -0.3 is 4.74 Å². The fourth-order valence-corrected chi connectivity index (χ4v) is 4.04. The first-order valence-corrected chi connectivity index (χ1v) is 8.03. The summed E-state index contributed by atoms with van der Waals surface area (Å²) in [7, 11) is -1.11. The summed E-state index contributed by atoms with van der Waals surface area (Å²) in [6.07, 6.45) is 2.87. The van der Waals surface area contributed by atoms with Crippen LogP contribution in [-0.4, -0.2) is 22.9 Å². The number of ether oxygens (including phenoxy) is 1. The average molecular weight is 272 g/mol. The van der Waals surface area contributed by atoms with Gasteiger partial charge in [0.25, 0.3) is 0 Å². The number of Topliss-reactive ketones (excluding diaryl/α,β-unsaturated/α-hetero) is 1.